The Bertz CT molecular complexity index is 1140. The summed E-state index contributed by atoms with van der Waals surface area (Å²) in [5.41, 5.74) is 2.01. The van der Waals surface area contributed by atoms with Crippen LogP contribution >= 0.6 is 23.1 Å². The number of nitrogens with zero attached hydrogens (tertiary/aromatic N) is 3. The largest absolute Gasteiger partial charge is 0.301 e. The number of thiazole rings is 1. The summed E-state index contributed by atoms with van der Waals surface area (Å²) in [4.78, 5) is 21.0. The van der Waals surface area contributed by atoms with Crippen LogP contribution in [0.15, 0.2) is 46.5 Å². The molecule has 0 spiro atoms. The zero-order chi connectivity index (χ0) is 20.4. The minimum absolute atomic E-state index is 0.167. The first-order chi connectivity index (χ1) is 13.9. The average Bonchev–Trinajstić information content (AvgIpc) is 3.36. The van der Waals surface area contributed by atoms with E-state index >= 15 is 0 Å². The fraction of sp³-hybridized carbons (Fsp3) is 0.316. The summed E-state index contributed by atoms with van der Waals surface area (Å²) in [6.45, 7) is 3.14. The van der Waals surface area contributed by atoms with Crippen molar-refractivity contribution in [2.75, 3.05) is 24.2 Å². The second kappa shape index (κ2) is 8.39. The first-order valence-corrected chi connectivity index (χ1v) is 12.4. The monoisotopic (exact) mass is 448 g/mol. The Hall–Kier alpha value is -2.01. The zero-order valence-electron chi connectivity index (χ0n) is 15.8. The molecule has 4 rings (SSSR count). The van der Waals surface area contributed by atoms with Gasteiger partial charge in [0.05, 0.1) is 21.0 Å². The molecule has 0 aliphatic carbocycles. The van der Waals surface area contributed by atoms with Crippen LogP contribution in [0.25, 0.3) is 10.2 Å². The third-order valence-corrected chi connectivity index (χ3v) is 8.31. The van der Waals surface area contributed by atoms with Crippen LogP contribution in [0.1, 0.15) is 18.4 Å². The summed E-state index contributed by atoms with van der Waals surface area (Å²) < 4.78 is 27.6. The molecular weight excluding hydrogens is 428 g/mol. The van der Waals surface area contributed by atoms with Gasteiger partial charge in [-0.05, 0) is 49.6 Å². The van der Waals surface area contributed by atoms with Crippen molar-refractivity contribution in [2.45, 2.75) is 29.7 Å². The molecule has 1 aromatic carbocycles. The van der Waals surface area contributed by atoms with Crippen LogP contribution in [0, 0.1) is 6.92 Å². The molecule has 0 radical (unpaired) electrons. The lowest BCUT2D eigenvalue weighted by Crippen LogP contribution is -2.27. The number of nitrogens with one attached hydrogen (secondary N) is 1. The van der Waals surface area contributed by atoms with Gasteiger partial charge < -0.3 is 5.32 Å². The number of carbonyl (C=O) groups is 1. The van der Waals surface area contributed by atoms with E-state index in [9.17, 15) is 13.2 Å². The Kier molecular flexibility index (Phi) is 5.86. The fourth-order valence-corrected chi connectivity index (χ4v) is 6.15. The molecule has 10 heteroatoms. The van der Waals surface area contributed by atoms with Crippen molar-refractivity contribution in [1.29, 1.82) is 0 Å². The predicted molar refractivity (Wildman–Crippen MR) is 116 cm³/mol. The molecule has 1 amide bonds. The number of aryl methyl sites for hydroxylation is 1. The minimum Gasteiger partial charge on any atom is -0.301 e. The molecule has 3 heterocycles. The molecule has 7 nitrogen and oxygen atoms in total. The van der Waals surface area contributed by atoms with Gasteiger partial charge in [-0.1, -0.05) is 29.2 Å². The van der Waals surface area contributed by atoms with Crippen LogP contribution in [-0.4, -0.2) is 47.4 Å². The molecule has 1 aliphatic rings. The van der Waals surface area contributed by atoms with E-state index in [1.54, 1.807) is 12.1 Å². The van der Waals surface area contributed by atoms with Crippen LogP contribution < -0.4 is 5.32 Å². The second-order valence-corrected chi connectivity index (χ2v) is 10.7. The van der Waals surface area contributed by atoms with Crippen LogP contribution in [0.2, 0.25) is 0 Å². The Morgan fingerprint density at radius 1 is 1.24 bits per heavy atom. The maximum atomic E-state index is 12.5. The molecule has 1 saturated heterocycles. The maximum absolute atomic E-state index is 12.5. The smallest absolute Gasteiger partial charge is 0.244 e. The lowest BCUT2D eigenvalue weighted by molar-refractivity contribution is -0.113. The van der Waals surface area contributed by atoms with E-state index in [4.69, 9.17) is 0 Å². The number of anilines is 1. The number of sulfonamides is 1. The van der Waals surface area contributed by atoms with Crippen LogP contribution in [-0.2, 0) is 14.8 Å². The third kappa shape index (κ3) is 4.61. The average molecular weight is 449 g/mol. The number of thioether (sulfide) groups is 1. The van der Waals surface area contributed by atoms with Crippen molar-refractivity contribution < 1.29 is 13.2 Å². The van der Waals surface area contributed by atoms with Gasteiger partial charge in [0, 0.05) is 19.3 Å². The zero-order valence-corrected chi connectivity index (χ0v) is 18.2. The predicted octanol–water partition coefficient (Wildman–Crippen LogP) is 3.52. The Labute approximate surface area is 177 Å². The molecular formula is C19H20N4O3S3. The molecule has 0 atom stereocenters. The molecule has 0 unspecified atom stereocenters. The normalized spacial score (nSPS) is 15.1. The van der Waals surface area contributed by atoms with Crippen molar-refractivity contribution in [3.8, 4) is 0 Å². The van der Waals surface area contributed by atoms with Gasteiger partial charge in [-0.3, -0.25) is 4.79 Å². The summed E-state index contributed by atoms with van der Waals surface area (Å²) in [6, 6.07) is 9.16. The Balaban J connectivity index is 1.35. The molecule has 29 heavy (non-hydrogen) atoms. The van der Waals surface area contributed by atoms with Gasteiger partial charge in [-0.15, -0.1) is 0 Å². The topological polar surface area (TPSA) is 92.3 Å². The summed E-state index contributed by atoms with van der Waals surface area (Å²) in [5.74, 6) is -0.0125. The van der Waals surface area contributed by atoms with Crippen molar-refractivity contribution in [2.24, 2.45) is 0 Å². The van der Waals surface area contributed by atoms with Gasteiger partial charge in [0.15, 0.2) is 5.13 Å². The molecule has 0 bridgehead atoms. The number of aromatic nitrogens is 2. The quantitative estimate of drug-likeness (QED) is 0.580. The number of hydrogen-bond donors (Lipinski definition) is 1. The molecule has 1 N–H and O–H groups in total. The highest BCUT2D eigenvalue weighted by molar-refractivity contribution is 7.99. The van der Waals surface area contributed by atoms with Crippen LogP contribution in [0.3, 0.4) is 0 Å². The molecule has 152 valence electrons. The number of hydrogen-bond acceptors (Lipinski definition) is 7. The van der Waals surface area contributed by atoms with E-state index in [-0.39, 0.29) is 16.6 Å². The van der Waals surface area contributed by atoms with Crippen LogP contribution in [0.5, 0.6) is 0 Å². The molecule has 0 saturated carbocycles. The van der Waals surface area contributed by atoms with Gasteiger partial charge in [0.1, 0.15) is 4.90 Å². The lowest BCUT2D eigenvalue weighted by Gasteiger charge is -2.15. The van der Waals surface area contributed by atoms with E-state index in [1.807, 2.05) is 25.1 Å². The highest BCUT2D eigenvalue weighted by Crippen LogP contribution is 2.27. The SMILES string of the molecule is Cc1ccc2nc(NC(=O)CSc3ccc(S(=O)(=O)N4CCCC4)cn3)sc2c1. The maximum Gasteiger partial charge on any atom is 0.244 e. The molecule has 1 aliphatic heterocycles. The summed E-state index contributed by atoms with van der Waals surface area (Å²) in [6.07, 6.45) is 3.15. The van der Waals surface area contributed by atoms with Gasteiger partial charge in [0.2, 0.25) is 15.9 Å². The van der Waals surface area contributed by atoms with Crippen LogP contribution in [0.4, 0.5) is 5.13 Å². The molecule has 2 aromatic heterocycles. The molecule has 1 fully saturated rings. The number of carbonyl (C=O) groups excluding carboxylic acids is 1. The van der Waals surface area contributed by atoms with Crippen molar-refractivity contribution in [1.82, 2.24) is 14.3 Å². The summed E-state index contributed by atoms with van der Waals surface area (Å²) in [7, 11) is -3.47. The number of pyridine rings is 1. The number of benzene rings is 1. The highest BCUT2D eigenvalue weighted by atomic mass is 32.2. The van der Waals surface area contributed by atoms with Crippen molar-refractivity contribution in [3.05, 3.63) is 42.1 Å². The van der Waals surface area contributed by atoms with E-state index in [0.29, 0.717) is 23.2 Å². The standard InChI is InChI=1S/C19H20N4O3S3/c1-13-4-6-15-16(10-13)28-19(21-15)22-17(24)12-27-18-7-5-14(11-20-18)29(25,26)23-8-2-3-9-23/h4-7,10-11H,2-3,8-9,12H2,1H3,(H,21,22,24). The highest BCUT2D eigenvalue weighted by Gasteiger charge is 2.27. The van der Waals surface area contributed by atoms with Gasteiger partial charge in [-0.25, -0.2) is 18.4 Å². The number of amides is 1. The first-order valence-electron chi connectivity index (χ1n) is 9.18. The minimum atomic E-state index is -3.47. The van der Waals surface area contributed by atoms with Crippen molar-refractivity contribution >= 4 is 54.4 Å². The Morgan fingerprint density at radius 3 is 2.76 bits per heavy atom. The summed E-state index contributed by atoms with van der Waals surface area (Å²) in [5, 5.41) is 3.97. The third-order valence-electron chi connectivity index (χ3n) is 4.55. The fourth-order valence-electron chi connectivity index (χ4n) is 3.06. The van der Waals surface area contributed by atoms with E-state index in [2.05, 4.69) is 15.3 Å². The second-order valence-electron chi connectivity index (χ2n) is 6.77. The van der Waals surface area contributed by atoms with E-state index < -0.39 is 10.0 Å². The lowest BCUT2D eigenvalue weighted by atomic mass is 10.2. The molecule has 3 aromatic rings. The van der Waals surface area contributed by atoms with Gasteiger partial charge >= 0.3 is 0 Å². The number of fused-ring (bicyclic) bond motifs is 1. The van der Waals surface area contributed by atoms with E-state index in [0.717, 1.165) is 28.6 Å². The first kappa shape index (κ1) is 20.3. The number of rotatable bonds is 6. The van der Waals surface area contributed by atoms with Gasteiger partial charge in [-0.2, -0.15) is 4.31 Å². The van der Waals surface area contributed by atoms with Crippen molar-refractivity contribution in [3.63, 3.8) is 0 Å². The van der Waals surface area contributed by atoms with Gasteiger partial charge in [0.25, 0.3) is 0 Å². The van der Waals surface area contributed by atoms with E-state index in [1.165, 1.54) is 33.6 Å². The summed E-state index contributed by atoms with van der Waals surface area (Å²) >= 11 is 2.69. The Morgan fingerprint density at radius 2 is 2.03 bits per heavy atom.